The molecule has 0 aromatic heterocycles. The summed E-state index contributed by atoms with van der Waals surface area (Å²) in [6, 6.07) is -0.632. The second-order valence-corrected chi connectivity index (χ2v) is 23.2. The first-order chi connectivity index (χ1) is 39.2. The predicted octanol–water partition coefficient (Wildman–Crippen LogP) is 23.8. The molecule has 1 amide bonds. The molecule has 0 fully saturated rings. The average molecular weight is 1100 g/mol. The molecule has 0 rings (SSSR count). The van der Waals surface area contributed by atoms with Gasteiger partial charge < -0.3 is 15.5 Å². The molecule has 0 radical (unpaired) electrons. The number of unbranched alkanes of at least 4 members (excludes halogenated alkanes) is 40. The largest absolute Gasteiger partial charge is 0.394 e. The topological polar surface area (TPSA) is 69.6 Å². The lowest BCUT2D eigenvalue weighted by Crippen LogP contribution is -2.45. The normalized spacial score (nSPS) is 13.4. The first kappa shape index (κ1) is 76.0. The summed E-state index contributed by atoms with van der Waals surface area (Å²) in [4.78, 5) is 12.5. The van der Waals surface area contributed by atoms with E-state index in [0.717, 1.165) is 77.0 Å². The number of hydrogen-bond acceptors (Lipinski definition) is 3. The SMILES string of the molecule is CC/C=C\C/C=C\C/C=C\C/C=C\C/C=C\C/C=C\C/C=C\C/C=C\CCCCCCCCCCCCCCC(=O)NC(CO)C(O)/C=C/CCCCCCCCCCCCCCCCCCCCCCCCCCCCCC. The first-order valence-electron chi connectivity index (χ1n) is 34.6. The van der Waals surface area contributed by atoms with Crippen molar-refractivity contribution < 1.29 is 15.0 Å². The van der Waals surface area contributed by atoms with Crippen LogP contribution in [-0.2, 0) is 4.79 Å². The van der Waals surface area contributed by atoms with Gasteiger partial charge in [0.15, 0.2) is 0 Å². The molecule has 0 heterocycles. The third-order valence-electron chi connectivity index (χ3n) is 15.5. The van der Waals surface area contributed by atoms with E-state index in [2.05, 4.69) is 116 Å². The van der Waals surface area contributed by atoms with Gasteiger partial charge in [-0.05, 0) is 83.5 Å². The van der Waals surface area contributed by atoms with Crippen LogP contribution in [0.5, 0.6) is 0 Å². The average Bonchev–Trinajstić information content (AvgIpc) is 3.45. The highest BCUT2D eigenvalue weighted by Gasteiger charge is 2.18. The number of carbonyl (C=O) groups is 1. The maximum atomic E-state index is 12.5. The lowest BCUT2D eigenvalue weighted by molar-refractivity contribution is -0.123. The summed E-state index contributed by atoms with van der Waals surface area (Å²) in [5.74, 6) is -0.0659. The molecule has 0 aromatic rings. The first-order valence-corrected chi connectivity index (χ1v) is 34.6. The number of nitrogens with one attached hydrogen (secondary N) is 1. The van der Waals surface area contributed by atoms with Gasteiger partial charge in [-0.25, -0.2) is 0 Å². The van der Waals surface area contributed by atoms with Crippen molar-refractivity contribution in [1.29, 1.82) is 0 Å². The molecule has 4 nitrogen and oxygen atoms in total. The van der Waals surface area contributed by atoms with Crippen LogP contribution < -0.4 is 5.32 Å². The summed E-state index contributed by atoms with van der Waals surface area (Å²) >= 11 is 0. The number of aliphatic hydroxyl groups excluding tert-OH is 2. The summed E-state index contributed by atoms with van der Waals surface area (Å²) < 4.78 is 0. The summed E-state index contributed by atoms with van der Waals surface area (Å²) in [7, 11) is 0. The highest BCUT2D eigenvalue weighted by molar-refractivity contribution is 5.76. The minimum absolute atomic E-state index is 0.0659. The summed E-state index contributed by atoms with van der Waals surface area (Å²) in [6.45, 7) is 4.22. The van der Waals surface area contributed by atoms with Gasteiger partial charge >= 0.3 is 0 Å². The minimum Gasteiger partial charge on any atom is -0.394 e. The highest BCUT2D eigenvalue weighted by atomic mass is 16.3. The molecule has 0 aliphatic rings. The van der Waals surface area contributed by atoms with Gasteiger partial charge in [0.25, 0.3) is 0 Å². The van der Waals surface area contributed by atoms with Crippen molar-refractivity contribution in [2.75, 3.05) is 6.61 Å². The van der Waals surface area contributed by atoms with Gasteiger partial charge in [0.05, 0.1) is 18.8 Å². The Morgan fingerprint density at radius 3 is 0.835 bits per heavy atom. The van der Waals surface area contributed by atoms with Crippen molar-refractivity contribution in [3.63, 3.8) is 0 Å². The third-order valence-corrected chi connectivity index (χ3v) is 15.5. The fraction of sp³-hybridized carbons (Fsp3) is 0.747. The fourth-order valence-corrected chi connectivity index (χ4v) is 10.3. The van der Waals surface area contributed by atoms with E-state index in [1.807, 2.05) is 6.08 Å². The molecular formula is C75H133NO3. The van der Waals surface area contributed by atoms with Gasteiger partial charge in [0, 0.05) is 6.42 Å². The molecular weight excluding hydrogens is 963 g/mol. The van der Waals surface area contributed by atoms with E-state index in [0.29, 0.717) is 6.42 Å². The Labute approximate surface area is 493 Å². The molecule has 3 N–H and O–H groups in total. The molecule has 2 unspecified atom stereocenters. The van der Waals surface area contributed by atoms with E-state index in [4.69, 9.17) is 0 Å². The smallest absolute Gasteiger partial charge is 0.220 e. The molecule has 456 valence electrons. The van der Waals surface area contributed by atoms with Crippen molar-refractivity contribution in [2.24, 2.45) is 0 Å². The van der Waals surface area contributed by atoms with Crippen molar-refractivity contribution >= 4 is 5.91 Å². The van der Waals surface area contributed by atoms with E-state index < -0.39 is 12.1 Å². The van der Waals surface area contributed by atoms with Crippen LogP contribution in [0.3, 0.4) is 0 Å². The molecule has 79 heavy (non-hydrogen) atoms. The number of amides is 1. The Hall–Kier alpha value is -2.95. The summed E-state index contributed by atoms with van der Waals surface area (Å²) in [5, 5.41) is 23.3. The van der Waals surface area contributed by atoms with Crippen LogP contribution in [0.4, 0.5) is 0 Å². The molecule has 0 bridgehead atoms. The van der Waals surface area contributed by atoms with Crippen LogP contribution >= 0.6 is 0 Å². The standard InChI is InChI=1S/C75H133NO3/c1-3-5-7-9-11-13-15-17-19-21-23-25-27-29-31-33-35-36-37-38-39-40-41-43-45-47-49-51-53-55-57-59-61-63-65-67-69-71-75(79)76-73(72-77)74(78)70-68-66-64-62-60-58-56-54-52-50-48-46-44-42-34-32-30-28-26-24-22-20-18-16-14-12-10-8-6-4-2/h5,7,11,13,17,19,23,25,29,31,35-36,38-39,41,43,68,70,73-74,77-78H,3-4,6,8-10,12,14-16,18,20-22,24,26-28,30,32-34,37,40,42,44-67,69,71-72H2,1-2H3,(H,76,79)/b7-5-,13-11-,19-17-,25-23-,31-29-,36-35-,39-38-,43-41-,70-68+. The van der Waals surface area contributed by atoms with E-state index in [-0.39, 0.29) is 12.5 Å². The molecule has 2 atom stereocenters. The maximum Gasteiger partial charge on any atom is 0.220 e. The molecule has 4 heteroatoms. The quantitative estimate of drug-likeness (QED) is 0.0420. The lowest BCUT2D eigenvalue weighted by atomic mass is 10.0. The Morgan fingerprint density at radius 1 is 0.316 bits per heavy atom. The molecule has 0 spiro atoms. The molecule has 0 saturated heterocycles. The predicted molar refractivity (Wildman–Crippen MR) is 354 cm³/mol. The Balaban J connectivity index is 3.52. The van der Waals surface area contributed by atoms with E-state index in [1.165, 1.54) is 244 Å². The second-order valence-electron chi connectivity index (χ2n) is 23.2. The number of rotatable bonds is 63. The zero-order chi connectivity index (χ0) is 56.9. The highest BCUT2D eigenvalue weighted by Crippen LogP contribution is 2.18. The number of aliphatic hydroxyl groups is 2. The van der Waals surface area contributed by atoms with Crippen LogP contribution in [0.25, 0.3) is 0 Å². The van der Waals surface area contributed by atoms with Crippen LogP contribution in [0.1, 0.15) is 341 Å². The minimum atomic E-state index is -0.848. The van der Waals surface area contributed by atoms with Crippen molar-refractivity contribution in [3.05, 3.63) is 109 Å². The molecule has 0 aliphatic carbocycles. The zero-order valence-electron chi connectivity index (χ0n) is 52.6. The number of hydrogen-bond donors (Lipinski definition) is 3. The Bertz CT molecular complexity index is 1480. The van der Waals surface area contributed by atoms with Crippen molar-refractivity contribution in [2.45, 2.75) is 353 Å². The fourth-order valence-electron chi connectivity index (χ4n) is 10.3. The van der Waals surface area contributed by atoms with Gasteiger partial charge in [-0.1, -0.05) is 361 Å². The summed E-state index contributed by atoms with van der Waals surface area (Å²) in [5.41, 5.74) is 0. The lowest BCUT2D eigenvalue weighted by Gasteiger charge is -2.20. The molecule has 0 aromatic carbocycles. The van der Waals surface area contributed by atoms with Crippen LogP contribution in [0.2, 0.25) is 0 Å². The van der Waals surface area contributed by atoms with Gasteiger partial charge in [-0.2, -0.15) is 0 Å². The monoisotopic (exact) mass is 1100 g/mol. The third kappa shape index (κ3) is 65.7. The Morgan fingerprint density at radius 2 is 0.557 bits per heavy atom. The van der Waals surface area contributed by atoms with Crippen LogP contribution in [0, 0.1) is 0 Å². The van der Waals surface area contributed by atoms with Gasteiger partial charge in [0.1, 0.15) is 0 Å². The molecule has 0 aliphatic heterocycles. The second kappa shape index (κ2) is 69.3. The van der Waals surface area contributed by atoms with Crippen LogP contribution in [0.15, 0.2) is 109 Å². The Kier molecular flexibility index (Phi) is 66.7. The van der Waals surface area contributed by atoms with E-state index in [9.17, 15) is 15.0 Å². The maximum absolute atomic E-state index is 12.5. The van der Waals surface area contributed by atoms with E-state index >= 15 is 0 Å². The summed E-state index contributed by atoms with van der Waals surface area (Å²) in [6.07, 6.45) is 104. The zero-order valence-corrected chi connectivity index (χ0v) is 52.6. The van der Waals surface area contributed by atoms with Gasteiger partial charge in [0.2, 0.25) is 5.91 Å². The van der Waals surface area contributed by atoms with Crippen molar-refractivity contribution in [1.82, 2.24) is 5.32 Å². The van der Waals surface area contributed by atoms with Gasteiger partial charge in [-0.15, -0.1) is 0 Å². The van der Waals surface area contributed by atoms with Crippen molar-refractivity contribution in [3.8, 4) is 0 Å². The molecule has 0 saturated carbocycles. The van der Waals surface area contributed by atoms with Crippen LogP contribution in [-0.4, -0.2) is 34.9 Å². The number of allylic oxidation sites excluding steroid dienone is 17. The number of carbonyl (C=O) groups excluding carboxylic acids is 1. The van der Waals surface area contributed by atoms with E-state index in [1.54, 1.807) is 6.08 Å². The van der Waals surface area contributed by atoms with Gasteiger partial charge in [-0.3, -0.25) is 4.79 Å².